The zero-order valence-corrected chi connectivity index (χ0v) is 14.6. The maximum atomic E-state index is 12.3. The Morgan fingerprint density at radius 2 is 1.95 bits per heavy atom. The lowest BCUT2D eigenvalue weighted by Crippen LogP contribution is -2.27. The van der Waals surface area contributed by atoms with Crippen LogP contribution >= 0.6 is 24.0 Å². The second-order valence-corrected chi connectivity index (χ2v) is 6.17. The number of amides is 1. The van der Waals surface area contributed by atoms with Crippen LogP contribution in [0.1, 0.15) is 26.3 Å². The van der Waals surface area contributed by atoms with Gasteiger partial charge in [0.05, 0.1) is 18.1 Å². The molecule has 1 aliphatic rings. The van der Waals surface area contributed by atoms with E-state index in [4.69, 9.17) is 21.7 Å². The van der Waals surface area contributed by atoms with Gasteiger partial charge in [0.2, 0.25) is 0 Å². The SMILES string of the molecule is CCOc1ccc(/C=C2/SC(=S)N(CC)C2=O)c(OCC)c1. The van der Waals surface area contributed by atoms with Gasteiger partial charge in [0.15, 0.2) is 0 Å². The van der Waals surface area contributed by atoms with Crippen LogP contribution in [0.5, 0.6) is 11.5 Å². The fourth-order valence-corrected chi connectivity index (χ4v) is 3.46. The van der Waals surface area contributed by atoms with Crippen molar-refractivity contribution in [3.63, 3.8) is 0 Å². The molecule has 1 fully saturated rings. The van der Waals surface area contributed by atoms with Gasteiger partial charge >= 0.3 is 0 Å². The lowest BCUT2D eigenvalue weighted by molar-refractivity contribution is -0.121. The molecule has 0 atom stereocenters. The first kappa shape index (κ1) is 16.8. The standard InChI is InChI=1S/C16H19NO3S2/c1-4-17-15(18)14(22-16(17)21)9-11-7-8-12(19-5-2)10-13(11)20-6-3/h7-10H,4-6H2,1-3H3/b14-9+. The Hall–Kier alpha value is -1.53. The van der Waals surface area contributed by atoms with Crippen molar-refractivity contribution in [2.75, 3.05) is 19.8 Å². The molecule has 0 saturated carbocycles. The Bertz CT molecular complexity index is 613. The largest absolute Gasteiger partial charge is 0.494 e. The monoisotopic (exact) mass is 337 g/mol. The Balaban J connectivity index is 2.34. The van der Waals surface area contributed by atoms with Crippen LogP contribution in [0.3, 0.4) is 0 Å². The van der Waals surface area contributed by atoms with Gasteiger partial charge in [0, 0.05) is 18.2 Å². The van der Waals surface area contributed by atoms with Crippen LogP contribution in [0, 0.1) is 0 Å². The number of likely N-dealkylation sites (N-methyl/N-ethyl adjacent to an activating group) is 1. The minimum Gasteiger partial charge on any atom is -0.494 e. The lowest BCUT2D eigenvalue weighted by Gasteiger charge is -2.11. The molecule has 0 bridgehead atoms. The molecule has 0 aliphatic carbocycles. The third kappa shape index (κ3) is 3.62. The molecule has 1 aliphatic heterocycles. The first-order valence-electron chi connectivity index (χ1n) is 7.25. The molecule has 2 rings (SSSR count). The summed E-state index contributed by atoms with van der Waals surface area (Å²) in [6, 6.07) is 5.62. The van der Waals surface area contributed by atoms with Crippen LogP contribution in [0.2, 0.25) is 0 Å². The fraction of sp³-hybridized carbons (Fsp3) is 0.375. The Morgan fingerprint density at radius 3 is 2.55 bits per heavy atom. The zero-order valence-electron chi connectivity index (χ0n) is 12.9. The molecule has 118 valence electrons. The van der Waals surface area contributed by atoms with Crippen LogP contribution in [-0.4, -0.2) is 34.9 Å². The highest BCUT2D eigenvalue weighted by atomic mass is 32.2. The quantitative estimate of drug-likeness (QED) is 0.584. The summed E-state index contributed by atoms with van der Waals surface area (Å²) < 4.78 is 11.7. The molecule has 22 heavy (non-hydrogen) atoms. The predicted octanol–water partition coefficient (Wildman–Crippen LogP) is 3.71. The number of hydrogen-bond acceptors (Lipinski definition) is 5. The van der Waals surface area contributed by atoms with Gasteiger partial charge in [0.1, 0.15) is 15.8 Å². The highest BCUT2D eigenvalue weighted by molar-refractivity contribution is 8.26. The van der Waals surface area contributed by atoms with E-state index in [2.05, 4.69) is 0 Å². The third-order valence-corrected chi connectivity index (χ3v) is 4.45. The first-order chi connectivity index (χ1) is 10.6. The lowest BCUT2D eigenvalue weighted by atomic mass is 10.1. The highest BCUT2D eigenvalue weighted by Gasteiger charge is 2.30. The highest BCUT2D eigenvalue weighted by Crippen LogP contribution is 2.35. The number of carbonyl (C=O) groups is 1. The molecule has 0 N–H and O–H groups in total. The van der Waals surface area contributed by atoms with E-state index in [1.807, 2.05) is 45.0 Å². The van der Waals surface area contributed by atoms with Crippen molar-refractivity contribution in [3.05, 3.63) is 28.7 Å². The van der Waals surface area contributed by atoms with E-state index >= 15 is 0 Å². The molecular weight excluding hydrogens is 318 g/mol. The Labute approximate surface area is 140 Å². The molecule has 0 unspecified atom stereocenters. The molecule has 0 radical (unpaired) electrons. The van der Waals surface area contributed by atoms with Gasteiger partial charge in [0.25, 0.3) is 5.91 Å². The molecule has 1 saturated heterocycles. The van der Waals surface area contributed by atoms with Gasteiger partial charge in [-0.2, -0.15) is 0 Å². The number of hydrogen-bond donors (Lipinski definition) is 0. The molecule has 1 heterocycles. The van der Waals surface area contributed by atoms with Gasteiger partial charge < -0.3 is 9.47 Å². The first-order valence-corrected chi connectivity index (χ1v) is 8.48. The number of ether oxygens (including phenoxy) is 2. The van der Waals surface area contributed by atoms with Gasteiger partial charge in [-0.15, -0.1) is 0 Å². The summed E-state index contributed by atoms with van der Waals surface area (Å²) in [4.78, 5) is 14.5. The summed E-state index contributed by atoms with van der Waals surface area (Å²) in [5.41, 5.74) is 0.849. The normalized spacial score (nSPS) is 16.5. The molecule has 1 aromatic carbocycles. The smallest absolute Gasteiger partial charge is 0.266 e. The van der Waals surface area contributed by atoms with Crippen molar-refractivity contribution >= 4 is 40.3 Å². The number of benzene rings is 1. The van der Waals surface area contributed by atoms with Crippen molar-refractivity contribution in [2.24, 2.45) is 0 Å². The van der Waals surface area contributed by atoms with Gasteiger partial charge in [-0.05, 0) is 39.0 Å². The number of thiocarbonyl (C=S) groups is 1. The van der Waals surface area contributed by atoms with Crippen LogP contribution < -0.4 is 9.47 Å². The van der Waals surface area contributed by atoms with Gasteiger partial charge in [-0.25, -0.2) is 0 Å². The fourth-order valence-electron chi connectivity index (χ4n) is 2.08. The van der Waals surface area contributed by atoms with Crippen LogP contribution in [0.15, 0.2) is 23.1 Å². The Kier molecular flexibility index (Phi) is 5.85. The molecule has 6 heteroatoms. The molecule has 1 amide bonds. The minimum absolute atomic E-state index is 0.0474. The minimum atomic E-state index is -0.0474. The molecule has 1 aromatic rings. The summed E-state index contributed by atoms with van der Waals surface area (Å²) in [6.45, 7) is 7.50. The van der Waals surface area contributed by atoms with Crippen molar-refractivity contribution in [2.45, 2.75) is 20.8 Å². The van der Waals surface area contributed by atoms with E-state index in [0.717, 1.165) is 11.3 Å². The Morgan fingerprint density at radius 1 is 1.23 bits per heavy atom. The second kappa shape index (κ2) is 7.65. The number of carbonyl (C=O) groups excluding carboxylic acids is 1. The molecule has 0 aromatic heterocycles. The van der Waals surface area contributed by atoms with Crippen molar-refractivity contribution in [1.82, 2.24) is 4.90 Å². The zero-order chi connectivity index (χ0) is 16.1. The van der Waals surface area contributed by atoms with Gasteiger partial charge in [-0.3, -0.25) is 9.69 Å². The number of nitrogens with zero attached hydrogens (tertiary/aromatic N) is 1. The van der Waals surface area contributed by atoms with E-state index in [1.54, 1.807) is 4.90 Å². The molecule has 0 spiro atoms. The van der Waals surface area contributed by atoms with E-state index < -0.39 is 0 Å². The summed E-state index contributed by atoms with van der Waals surface area (Å²) in [5.74, 6) is 1.41. The molecular formula is C16H19NO3S2. The average Bonchev–Trinajstić information content (AvgIpc) is 2.76. The average molecular weight is 337 g/mol. The predicted molar refractivity (Wildman–Crippen MR) is 94.3 cm³/mol. The topological polar surface area (TPSA) is 38.8 Å². The van der Waals surface area contributed by atoms with Gasteiger partial charge in [-0.1, -0.05) is 24.0 Å². The third-order valence-electron chi connectivity index (χ3n) is 3.07. The van der Waals surface area contributed by atoms with E-state index in [-0.39, 0.29) is 5.91 Å². The van der Waals surface area contributed by atoms with Crippen molar-refractivity contribution in [3.8, 4) is 11.5 Å². The summed E-state index contributed by atoms with van der Waals surface area (Å²) in [6.07, 6.45) is 1.83. The van der Waals surface area contributed by atoms with E-state index in [0.29, 0.717) is 34.7 Å². The van der Waals surface area contributed by atoms with Crippen LogP contribution in [0.4, 0.5) is 0 Å². The summed E-state index contributed by atoms with van der Waals surface area (Å²) >= 11 is 6.55. The summed E-state index contributed by atoms with van der Waals surface area (Å²) in [5, 5.41) is 0. The van der Waals surface area contributed by atoms with Crippen molar-refractivity contribution in [1.29, 1.82) is 0 Å². The molecule has 4 nitrogen and oxygen atoms in total. The maximum absolute atomic E-state index is 12.3. The summed E-state index contributed by atoms with van der Waals surface area (Å²) in [7, 11) is 0. The van der Waals surface area contributed by atoms with E-state index in [1.165, 1.54) is 11.8 Å². The van der Waals surface area contributed by atoms with E-state index in [9.17, 15) is 4.79 Å². The number of rotatable bonds is 6. The maximum Gasteiger partial charge on any atom is 0.266 e. The van der Waals surface area contributed by atoms with Crippen molar-refractivity contribution < 1.29 is 14.3 Å². The second-order valence-electron chi connectivity index (χ2n) is 4.49. The van der Waals surface area contributed by atoms with Crippen LogP contribution in [-0.2, 0) is 4.79 Å². The van der Waals surface area contributed by atoms with Crippen LogP contribution in [0.25, 0.3) is 6.08 Å². The number of thioether (sulfide) groups is 1.